The van der Waals surface area contributed by atoms with Crippen molar-refractivity contribution in [1.82, 2.24) is 0 Å². The summed E-state index contributed by atoms with van der Waals surface area (Å²) < 4.78 is 0.895. The van der Waals surface area contributed by atoms with Gasteiger partial charge in [0.1, 0.15) is 5.78 Å². The zero-order chi connectivity index (χ0) is 11.0. The first-order chi connectivity index (χ1) is 6.20. The monoisotopic (exact) mass is 198 g/mol. The Morgan fingerprint density at radius 3 is 2.43 bits per heavy atom. The molecule has 0 aromatic rings. The minimum Gasteiger partial charge on any atom is -0.330 e. The van der Waals surface area contributed by atoms with Crippen molar-refractivity contribution in [3.63, 3.8) is 0 Å². The van der Waals surface area contributed by atoms with Crippen LogP contribution in [0.1, 0.15) is 33.1 Å². The summed E-state index contributed by atoms with van der Waals surface area (Å²) in [6, 6.07) is 0. The number of carbonyl (C=O) groups is 1. The predicted octanol–water partition coefficient (Wildman–Crippen LogP) is 2.09. The van der Waals surface area contributed by atoms with Crippen LogP contribution in [0.2, 0.25) is 0 Å². The van der Waals surface area contributed by atoms with E-state index in [9.17, 15) is 4.79 Å². The van der Waals surface area contributed by atoms with E-state index in [-0.39, 0.29) is 0 Å². The fourth-order valence-electron chi connectivity index (χ4n) is 2.38. The van der Waals surface area contributed by atoms with Crippen LogP contribution in [0.5, 0.6) is 0 Å². The topological polar surface area (TPSA) is 17.1 Å². The summed E-state index contributed by atoms with van der Waals surface area (Å²) in [5, 5.41) is 0. The van der Waals surface area contributed by atoms with E-state index in [1.165, 1.54) is 0 Å². The molecule has 0 spiro atoms. The van der Waals surface area contributed by atoms with Gasteiger partial charge in [-0.05, 0) is 18.3 Å². The number of Topliss-reactive ketones (excluding diaryl/α,β-unsaturated/α-hetero) is 1. The standard InChI is InChI=1S/C12H24NO/c1-12(2)7-6-11(14)10(8-12)9-13(3,4)5/h10H,6-9H2,1-5H3/q+1. The van der Waals surface area contributed by atoms with E-state index in [0.29, 0.717) is 17.1 Å². The van der Waals surface area contributed by atoms with Gasteiger partial charge in [-0.15, -0.1) is 0 Å². The third-order valence-electron chi connectivity index (χ3n) is 3.07. The van der Waals surface area contributed by atoms with Crippen LogP contribution in [0.3, 0.4) is 0 Å². The third-order valence-corrected chi connectivity index (χ3v) is 3.07. The summed E-state index contributed by atoms with van der Waals surface area (Å²) in [6.45, 7) is 5.55. The number of rotatable bonds is 2. The van der Waals surface area contributed by atoms with Crippen LogP contribution in [0.15, 0.2) is 0 Å². The third kappa shape index (κ3) is 3.41. The van der Waals surface area contributed by atoms with Crippen molar-refractivity contribution < 1.29 is 9.28 Å². The van der Waals surface area contributed by atoms with Gasteiger partial charge in [-0.25, -0.2) is 0 Å². The van der Waals surface area contributed by atoms with Crippen LogP contribution in [0.4, 0.5) is 0 Å². The van der Waals surface area contributed by atoms with E-state index in [4.69, 9.17) is 0 Å². The van der Waals surface area contributed by atoms with Crippen molar-refractivity contribution in [3.8, 4) is 0 Å². The van der Waals surface area contributed by atoms with Gasteiger partial charge in [-0.2, -0.15) is 0 Å². The van der Waals surface area contributed by atoms with Crippen LogP contribution >= 0.6 is 0 Å². The number of ketones is 1. The summed E-state index contributed by atoms with van der Waals surface area (Å²) in [5.41, 5.74) is 0.369. The lowest BCUT2D eigenvalue weighted by Gasteiger charge is -2.37. The fraction of sp³-hybridized carbons (Fsp3) is 0.917. The largest absolute Gasteiger partial charge is 0.330 e. The first kappa shape index (κ1) is 11.7. The van der Waals surface area contributed by atoms with Crippen molar-refractivity contribution in [2.45, 2.75) is 33.1 Å². The maximum Gasteiger partial charge on any atom is 0.141 e. The summed E-state index contributed by atoms with van der Waals surface area (Å²) in [5.74, 6) is 0.774. The molecule has 0 aliphatic heterocycles. The SMILES string of the molecule is CC1(C)CCC(=O)C(C[N+](C)(C)C)C1. The molecule has 0 aromatic carbocycles. The molecule has 1 aliphatic rings. The second-order valence-electron chi connectivity index (χ2n) is 6.50. The highest BCUT2D eigenvalue weighted by molar-refractivity contribution is 5.82. The molecule has 0 bridgehead atoms. The van der Waals surface area contributed by atoms with Crippen molar-refractivity contribution in [2.75, 3.05) is 27.7 Å². The second kappa shape index (κ2) is 3.65. The van der Waals surface area contributed by atoms with Crippen LogP contribution in [-0.2, 0) is 4.79 Å². The molecule has 2 nitrogen and oxygen atoms in total. The number of carbonyl (C=O) groups excluding carboxylic acids is 1. The average molecular weight is 198 g/mol. The lowest BCUT2D eigenvalue weighted by molar-refractivity contribution is -0.872. The Morgan fingerprint density at radius 1 is 1.36 bits per heavy atom. The van der Waals surface area contributed by atoms with Crippen molar-refractivity contribution >= 4 is 5.78 Å². The van der Waals surface area contributed by atoms with Crippen LogP contribution in [-0.4, -0.2) is 38.0 Å². The molecule has 82 valence electrons. The molecule has 0 aromatic heterocycles. The van der Waals surface area contributed by atoms with Gasteiger partial charge in [-0.1, -0.05) is 13.8 Å². The van der Waals surface area contributed by atoms with Crippen LogP contribution in [0.25, 0.3) is 0 Å². The maximum absolute atomic E-state index is 11.7. The Hall–Kier alpha value is -0.370. The van der Waals surface area contributed by atoms with Crippen LogP contribution < -0.4 is 0 Å². The van der Waals surface area contributed by atoms with Crippen LogP contribution in [0, 0.1) is 11.3 Å². The molecule has 0 amide bonds. The van der Waals surface area contributed by atoms with E-state index in [1.54, 1.807) is 0 Å². The molecule has 1 saturated carbocycles. The second-order valence-corrected chi connectivity index (χ2v) is 6.50. The zero-order valence-electron chi connectivity index (χ0n) is 10.3. The molecule has 14 heavy (non-hydrogen) atoms. The molecule has 0 N–H and O–H groups in total. The lowest BCUT2D eigenvalue weighted by Crippen LogP contribution is -2.44. The van der Waals surface area contributed by atoms with E-state index in [1.807, 2.05) is 0 Å². The normalized spacial score (nSPS) is 27.8. The van der Waals surface area contributed by atoms with Crippen molar-refractivity contribution in [2.24, 2.45) is 11.3 Å². The fourth-order valence-corrected chi connectivity index (χ4v) is 2.38. The Bertz CT molecular complexity index is 223. The predicted molar refractivity (Wildman–Crippen MR) is 59.0 cm³/mol. The molecule has 1 aliphatic carbocycles. The number of quaternary nitrogens is 1. The molecule has 1 fully saturated rings. The van der Waals surface area contributed by atoms with Gasteiger partial charge in [0.05, 0.1) is 33.6 Å². The zero-order valence-corrected chi connectivity index (χ0v) is 10.3. The van der Waals surface area contributed by atoms with E-state index >= 15 is 0 Å². The smallest absolute Gasteiger partial charge is 0.141 e. The molecule has 1 rings (SSSR count). The molecule has 0 radical (unpaired) electrons. The summed E-state index contributed by atoms with van der Waals surface area (Å²) in [6.07, 6.45) is 2.93. The molecule has 0 heterocycles. The van der Waals surface area contributed by atoms with Gasteiger partial charge in [-0.3, -0.25) is 4.79 Å². The van der Waals surface area contributed by atoms with E-state index < -0.39 is 0 Å². The summed E-state index contributed by atoms with van der Waals surface area (Å²) >= 11 is 0. The number of hydrogen-bond donors (Lipinski definition) is 0. The Morgan fingerprint density at radius 2 is 1.93 bits per heavy atom. The summed E-state index contributed by atoms with van der Waals surface area (Å²) in [4.78, 5) is 11.7. The molecule has 0 saturated heterocycles. The highest BCUT2D eigenvalue weighted by Gasteiger charge is 2.36. The molecule has 2 heteroatoms. The van der Waals surface area contributed by atoms with Gasteiger partial charge >= 0.3 is 0 Å². The molecular weight excluding hydrogens is 174 g/mol. The average Bonchev–Trinajstić information content (AvgIpc) is 1.93. The van der Waals surface area contributed by atoms with Gasteiger partial charge < -0.3 is 4.48 Å². The highest BCUT2D eigenvalue weighted by atomic mass is 16.1. The van der Waals surface area contributed by atoms with E-state index in [2.05, 4.69) is 35.0 Å². The number of hydrogen-bond acceptors (Lipinski definition) is 1. The minimum absolute atomic E-state index is 0.291. The van der Waals surface area contributed by atoms with Crippen molar-refractivity contribution in [1.29, 1.82) is 0 Å². The number of nitrogens with zero attached hydrogens (tertiary/aromatic N) is 1. The lowest BCUT2D eigenvalue weighted by atomic mass is 9.71. The van der Waals surface area contributed by atoms with Gasteiger partial charge in [0.15, 0.2) is 0 Å². The molecule has 1 atom stereocenters. The van der Waals surface area contributed by atoms with Gasteiger partial charge in [0.2, 0.25) is 0 Å². The minimum atomic E-state index is 0.291. The van der Waals surface area contributed by atoms with E-state index in [0.717, 1.165) is 30.3 Å². The Kier molecular flexibility index (Phi) is 3.05. The van der Waals surface area contributed by atoms with Crippen molar-refractivity contribution in [3.05, 3.63) is 0 Å². The Labute approximate surface area is 87.9 Å². The highest BCUT2D eigenvalue weighted by Crippen LogP contribution is 2.37. The molecular formula is C12H24NO+. The van der Waals surface area contributed by atoms with Gasteiger partial charge in [0.25, 0.3) is 0 Å². The summed E-state index contributed by atoms with van der Waals surface area (Å²) in [7, 11) is 6.48. The first-order valence-corrected chi connectivity index (χ1v) is 5.53. The maximum atomic E-state index is 11.7. The molecule has 1 unspecified atom stereocenters. The quantitative estimate of drug-likeness (QED) is 0.621. The Balaban J connectivity index is 2.62. The van der Waals surface area contributed by atoms with Gasteiger partial charge in [0, 0.05) is 6.42 Å². The first-order valence-electron chi connectivity index (χ1n) is 5.53.